The number of hydrogen-bond acceptors (Lipinski definition) is 4. The lowest BCUT2D eigenvalue weighted by Gasteiger charge is -2.10. The fourth-order valence-corrected chi connectivity index (χ4v) is 1.84. The van der Waals surface area contributed by atoms with Crippen LogP contribution in [0, 0.1) is 18.8 Å². The third kappa shape index (κ3) is 2.51. The molecule has 0 fully saturated rings. The number of rotatable bonds is 3. The molecule has 0 aliphatic carbocycles. The fourth-order valence-electron chi connectivity index (χ4n) is 1.09. The lowest BCUT2D eigenvalue weighted by Crippen LogP contribution is -2.15. The molecule has 4 heteroatoms. The molecular weight excluding hydrogens is 182 g/mol. The molecule has 1 aromatic heterocycles. The molecule has 0 saturated carbocycles. The van der Waals surface area contributed by atoms with Gasteiger partial charge in [0.05, 0.1) is 16.6 Å². The Balaban J connectivity index is 2.76. The van der Waals surface area contributed by atoms with E-state index in [2.05, 4.69) is 26.7 Å². The predicted octanol–water partition coefficient (Wildman–Crippen LogP) is 1.52. The zero-order valence-electron chi connectivity index (χ0n) is 8.09. The molecule has 1 rings (SSSR count). The smallest absolute Gasteiger partial charge is 0.0773 e. The fraction of sp³-hybridized carbons (Fsp3) is 0.556. The van der Waals surface area contributed by atoms with E-state index in [1.807, 2.05) is 20.9 Å². The van der Waals surface area contributed by atoms with E-state index in [0.717, 1.165) is 12.1 Å². The van der Waals surface area contributed by atoms with Gasteiger partial charge < -0.3 is 5.32 Å². The molecule has 0 aliphatic heterocycles. The Hall–Kier alpha value is -0.920. The number of nitrogens with one attached hydrogen (secondary N) is 1. The highest BCUT2D eigenvalue weighted by Gasteiger charge is 2.13. The molecule has 0 radical (unpaired) electrons. The summed E-state index contributed by atoms with van der Waals surface area (Å²) in [5.74, 6) is 5.94. The standard InChI is InChI=1S/C9H13N3S/c1-4-5-6-8(10-3)9-7(2)11-12-13-9/h8,10H,6H2,1-3H3. The second-order valence-corrected chi connectivity index (χ2v) is 3.48. The van der Waals surface area contributed by atoms with Crippen molar-refractivity contribution < 1.29 is 0 Å². The summed E-state index contributed by atoms with van der Waals surface area (Å²) in [6.07, 6.45) is 0.817. The Kier molecular flexibility index (Phi) is 3.87. The van der Waals surface area contributed by atoms with Gasteiger partial charge in [0, 0.05) is 6.42 Å². The topological polar surface area (TPSA) is 37.8 Å². The average Bonchev–Trinajstić information content (AvgIpc) is 2.54. The third-order valence-corrected chi connectivity index (χ3v) is 2.77. The molecule has 13 heavy (non-hydrogen) atoms. The molecule has 1 aromatic rings. The Morgan fingerprint density at radius 3 is 2.85 bits per heavy atom. The van der Waals surface area contributed by atoms with Gasteiger partial charge in [-0.15, -0.1) is 16.9 Å². The summed E-state index contributed by atoms with van der Waals surface area (Å²) in [7, 11) is 1.93. The van der Waals surface area contributed by atoms with Crippen molar-refractivity contribution in [3.63, 3.8) is 0 Å². The highest BCUT2D eigenvalue weighted by Crippen LogP contribution is 2.21. The van der Waals surface area contributed by atoms with Crippen LogP contribution in [-0.2, 0) is 0 Å². The molecule has 70 valence electrons. The van der Waals surface area contributed by atoms with Gasteiger partial charge in [0.15, 0.2) is 0 Å². The maximum absolute atomic E-state index is 3.97. The zero-order valence-corrected chi connectivity index (χ0v) is 8.90. The first-order chi connectivity index (χ1) is 6.29. The minimum absolute atomic E-state index is 0.271. The van der Waals surface area contributed by atoms with Crippen molar-refractivity contribution in [2.75, 3.05) is 7.05 Å². The van der Waals surface area contributed by atoms with E-state index >= 15 is 0 Å². The highest BCUT2D eigenvalue weighted by atomic mass is 32.1. The first kappa shape index (κ1) is 10.2. The molecule has 0 saturated heterocycles. The second-order valence-electron chi connectivity index (χ2n) is 2.69. The number of hydrogen-bond donors (Lipinski definition) is 1. The molecule has 0 spiro atoms. The summed E-state index contributed by atoms with van der Waals surface area (Å²) in [6.45, 7) is 3.83. The minimum Gasteiger partial charge on any atom is -0.311 e. The molecular formula is C9H13N3S. The zero-order chi connectivity index (χ0) is 9.68. The monoisotopic (exact) mass is 195 g/mol. The van der Waals surface area contributed by atoms with Gasteiger partial charge in [0.25, 0.3) is 0 Å². The van der Waals surface area contributed by atoms with Gasteiger partial charge in [-0.3, -0.25) is 0 Å². The summed E-state index contributed by atoms with van der Waals surface area (Å²) >= 11 is 1.44. The molecule has 0 aromatic carbocycles. The van der Waals surface area contributed by atoms with Crippen molar-refractivity contribution in [2.45, 2.75) is 26.3 Å². The van der Waals surface area contributed by atoms with Gasteiger partial charge in [-0.25, -0.2) is 0 Å². The van der Waals surface area contributed by atoms with Crippen LogP contribution in [0.1, 0.15) is 30.0 Å². The molecule has 0 amide bonds. The minimum atomic E-state index is 0.271. The highest BCUT2D eigenvalue weighted by molar-refractivity contribution is 7.05. The molecule has 1 N–H and O–H groups in total. The second kappa shape index (κ2) is 4.95. The van der Waals surface area contributed by atoms with Crippen LogP contribution in [0.3, 0.4) is 0 Å². The van der Waals surface area contributed by atoms with Crippen molar-refractivity contribution in [2.24, 2.45) is 0 Å². The van der Waals surface area contributed by atoms with Crippen molar-refractivity contribution in [3.8, 4) is 11.8 Å². The van der Waals surface area contributed by atoms with Crippen molar-refractivity contribution in [1.29, 1.82) is 0 Å². The molecule has 0 bridgehead atoms. The van der Waals surface area contributed by atoms with Gasteiger partial charge in [-0.2, -0.15) is 0 Å². The third-order valence-electron chi connectivity index (χ3n) is 1.83. The van der Waals surface area contributed by atoms with Crippen LogP contribution in [0.25, 0.3) is 0 Å². The van der Waals surface area contributed by atoms with Crippen LogP contribution < -0.4 is 5.32 Å². The van der Waals surface area contributed by atoms with Gasteiger partial charge in [0.1, 0.15) is 0 Å². The van der Waals surface area contributed by atoms with Gasteiger partial charge in [0.2, 0.25) is 0 Å². The number of aryl methyl sites for hydroxylation is 1. The van der Waals surface area contributed by atoms with Crippen LogP contribution in [0.2, 0.25) is 0 Å². The summed E-state index contributed by atoms with van der Waals surface area (Å²) in [5.41, 5.74) is 1.00. The van der Waals surface area contributed by atoms with Crippen molar-refractivity contribution in [1.82, 2.24) is 14.9 Å². The van der Waals surface area contributed by atoms with Crippen LogP contribution in [-0.4, -0.2) is 16.6 Å². The van der Waals surface area contributed by atoms with Gasteiger partial charge in [-0.05, 0) is 32.4 Å². The number of nitrogens with zero attached hydrogens (tertiary/aromatic N) is 2. The molecule has 1 heterocycles. The Morgan fingerprint density at radius 1 is 1.62 bits per heavy atom. The molecule has 3 nitrogen and oxygen atoms in total. The average molecular weight is 195 g/mol. The quantitative estimate of drug-likeness (QED) is 0.743. The summed E-state index contributed by atoms with van der Waals surface area (Å²) in [4.78, 5) is 1.19. The van der Waals surface area contributed by atoms with E-state index in [1.165, 1.54) is 16.4 Å². The Bertz CT molecular complexity index is 321. The van der Waals surface area contributed by atoms with Crippen LogP contribution >= 0.6 is 11.5 Å². The summed E-state index contributed by atoms with van der Waals surface area (Å²) in [6, 6.07) is 0.271. The maximum atomic E-state index is 3.97. The number of aromatic nitrogens is 2. The van der Waals surface area contributed by atoms with Crippen molar-refractivity contribution in [3.05, 3.63) is 10.6 Å². The van der Waals surface area contributed by atoms with E-state index in [0.29, 0.717) is 0 Å². The first-order valence-electron chi connectivity index (χ1n) is 4.15. The lowest BCUT2D eigenvalue weighted by molar-refractivity contribution is 0.617. The molecule has 1 unspecified atom stereocenters. The van der Waals surface area contributed by atoms with E-state index in [-0.39, 0.29) is 6.04 Å². The van der Waals surface area contributed by atoms with E-state index in [1.54, 1.807) is 0 Å². The van der Waals surface area contributed by atoms with Crippen LogP contribution in [0.15, 0.2) is 0 Å². The van der Waals surface area contributed by atoms with E-state index < -0.39 is 0 Å². The van der Waals surface area contributed by atoms with E-state index in [9.17, 15) is 0 Å². The lowest BCUT2D eigenvalue weighted by atomic mass is 10.1. The predicted molar refractivity (Wildman–Crippen MR) is 54.5 cm³/mol. The normalized spacial score (nSPS) is 11.9. The molecule has 1 atom stereocenters. The largest absolute Gasteiger partial charge is 0.311 e. The van der Waals surface area contributed by atoms with Gasteiger partial charge >= 0.3 is 0 Å². The SMILES string of the molecule is CC#CCC(NC)c1snnc1C. The molecule has 0 aliphatic rings. The summed E-state index contributed by atoms with van der Waals surface area (Å²) < 4.78 is 3.90. The van der Waals surface area contributed by atoms with Gasteiger partial charge in [-0.1, -0.05) is 4.49 Å². The van der Waals surface area contributed by atoms with E-state index in [4.69, 9.17) is 0 Å². The Labute approximate surface area is 82.7 Å². The Morgan fingerprint density at radius 2 is 2.38 bits per heavy atom. The maximum Gasteiger partial charge on any atom is 0.0773 e. The first-order valence-corrected chi connectivity index (χ1v) is 4.92. The van der Waals surface area contributed by atoms with Crippen LogP contribution in [0.4, 0.5) is 0 Å². The van der Waals surface area contributed by atoms with Crippen LogP contribution in [0.5, 0.6) is 0 Å². The van der Waals surface area contributed by atoms with Crippen molar-refractivity contribution >= 4 is 11.5 Å². The summed E-state index contributed by atoms with van der Waals surface area (Å²) in [5, 5.41) is 7.18.